The topological polar surface area (TPSA) is 51.0 Å². The monoisotopic (exact) mass is 418 g/mol. The number of pyridine rings is 1. The molecule has 2 rings (SSSR count). The van der Waals surface area contributed by atoms with Crippen LogP contribution < -0.4 is 4.90 Å². The molecule has 146 valence electrons. The molecule has 27 heavy (non-hydrogen) atoms. The first-order chi connectivity index (χ1) is 12.9. The van der Waals surface area contributed by atoms with Crippen molar-refractivity contribution in [3.63, 3.8) is 0 Å². The highest BCUT2D eigenvalue weighted by molar-refractivity contribution is 7.99. The molecule has 0 aliphatic heterocycles. The molecule has 0 unspecified atom stereocenters. The van der Waals surface area contributed by atoms with E-state index in [4.69, 9.17) is 11.6 Å². The Hall–Kier alpha value is -2.00. The van der Waals surface area contributed by atoms with E-state index >= 15 is 0 Å². The second-order valence-electron chi connectivity index (χ2n) is 5.38. The zero-order chi connectivity index (χ0) is 19.8. The Balaban J connectivity index is 1.95. The van der Waals surface area contributed by atoms with Crippen molar-refractivity contribution in [1.82, 2.24) is 14.8 Å². The largest absolute Gasteiger partial charge is 0.308 e. The molecule has 2 heterocycles. The minimum atomic E-state index is -2.29. The van der Waals surface area contributed by atoms with Crippen molar-refractivity contribution in [2.75, 3.05) is 23.0 Å². The molecule has 0 aliphatic carbocycles. The number of thioether (sulfide) groups is 1. The molecule has 0 fully saturated rings. The van der Waals surface area contributed by atoms with Crippen LogP contribution in [0.3, 0.4) is 0 Å². The average molecular weight is 419 g/mol. The van der Waals surface area contributed by atoms with Gasteiger partial charge >= 0.3 is 6.08 Å². The Kier molecular flexibility index (Phi) is 8.18. The second kappa shape index (κ2) is 10.4. The van der Waals surface area contributed by atoms with Crippen molar-refractivity contribution < 1.29 is 18.0 Å². The van der Waals surface area contributed by atoms with Crippen LogP contribution in [0.25, 0.3) is 5.69 Å². The van der Waals surface area contributed by atoms with Gasteiger partial charge in [-0.05, 0) is 24.8 Å². The summed E-state index contributed by atoms with van der Waals surface area (Å²) >= 11 is 7.43. The summed E-state index contributed by atoms with van der Waals surface area (Å²) < 4.78 is 38.2. The van der Waals surface area contributed by atoms with E-state index in [0.29, 0.717) is 23.7 Å². The van der Waals surface area contributed by atoms with Crippen molar-refractivity contribution in [3.8, 4) is 5.69 Å². The van der Waals surface area contributed by atoms with Gasteiger partial charge in [0.25, 0.3) is 0 Å². The third-order valence-electron chi connectivity index (χ3n) is 3.60. The first-order valence-electron chi connectivity index (χ1n) is 8.17. The Bertz CT molecular complexity index is 797. The Morgan fingerprint density at radius 1 is 1.30 bits per heavy atom. The third kappa shape index (κ3) is 6.00. The molecule has 2 aromatic rings. The predicted molar refractivity (Wildman–Crippen MR) is 101 cm³/mol. The molecule has 0 aliphatic rings. The van der Waals surface area contributed by atoms with E-state index in [2.05, 4.69) is 10.1 Å². The van der Waals surface area contributed by atoms with Crippen LogP contribution in [0.15, 0.2) is 42.6 Å². The molecule has 0 bridgehead atoms. The van der Waals surface area contributed by atoms with E-state index in [0.717, 1.165) is 0 Å². The highest BCUT2D eigenvalue weighted by Gasteiger charge is 2.20. The standard InChI is InChI=1S/C17H18ClF3N4OS/c1-2-24(15(26)6-9-27-8-5-13(19)17(20)21)14-11-25(23-16(14)18)12-4-3-7-22-10-12/h3-4,7,10-11H,2,5-6,8-9H2,1H3. The van der Waals surface area contributed by atoms with Gasteiger partial charge in [0.05, 0.1) is 18.1 Å². The van der Waals surface area contributed by atoms with Crippen LogP contribution in [0.2, 0.25) is 5.15 Å². The van der Waals surface area contributed by atoms with Gasteiger partial charge in [0.15, 0.2) is 11.0 Å². The van der Waals surface area contributed by atoms with Crippen molar-refractivity contribution in [2.45, 2.75) is 19.8 Å². The number of rotatable bonds is 9. The summed E-state index contributed by atoms with van der Waals surface area (Å²) in [5.41, 5.74) is 1.19. The predicted octanol–water partition coefficient (Wildman–Crippen LogP) is 4.86. The van der Waals surface area contributed by atoms with Crippen molar-refractivity contribution in [2.24, 2.45) is 0 Å². The van der Waals surface area contributed by atoms with E-state index in [1.807, 2.05) is 13.0 Å². The number of nitrogens with zero attached hydrogens (tertiary/aromatic N) is 4. The fourth-order valence-corrected chi connectivity index (χ4v) is 3.36. The molecule has 0 spiro atoms. The highest BCUT2D eigenvalue weighted by Crippen LogP contribution is 2.27. The summed E-state index contributed by atoms with van der Waals surface area (Å²) in [4.78, 5) is 18.0. The minimum Gasteiger partial charge on any atom is -0.308 e. The fraction of sp³-hybridized carbons (Fsp3) is 0.353. The number of halogens is 4. The smallest absolute Gasteiger partial charge is 0.301 e. The number of anilines is 1. The third-order valence-corrected chi connectivity index (χ3v) is 4.86. The maximum absolute atomic E-state index is 12.7. The van der Waals surface area contributed by atoms with E-state index in [1.165, 1.54) is 21.3 Å². The van der Waals surface area contributed by atoms with Gasteiger partial charge in [0, 0.05) is 31.3 Å². The molecule has 2 aromatic heterocycles. The van der Waals surface area contributed by atoms with Crippen LogP contribution in [0.4, 0.5) is 18.9 Å². The van der Waals surface area contributed by atoms with Crippen molar-refractivity contribution >= 4 is 35.0 Å². The van der Waals surface area contributed by atoms with Crippen LogP contribution in [-0.4, -0.2) is 38.7 Å². The minimum absolute atomic E-state index is 0.176. The van der Waals surface area contributed by atoms with Crippen LogP contribution in [0.1, 0.15) is 19.8 Å². The van der Waals surface area contributed by atoms with Gasteiger partial charge in [0.2, 0.25) is 5.91 Å². The van der Waals surface area contributed by atoms with Crippen molar-refractivity contribution in [3.05, 3.63) is 47.8 Å². The number of hydrogen-bond acceptors (Lipinski definition) is 4. The number of amides is 1. The SMILES string of the molecule is CCN(C(=O)CCSCCC(F)=C(F)F)c1cn(-c2cccnc2)nc1Cl. The van der Waals surface area contributed by atoms with E-state index in [-0.39, 0.29) is 29.7 Å². The van der Waals surface area contributed by atoms with Gasteiger partial charge in [-0.3, -0.25) is 9.78 Å². The Morgan fingerprint density at radius 3 is 2.67 bits per heavy atom. The maximum Gasteiger partial charge on any atom is 0.301 e. The molecule has 0 saturated carbocycles. The lowest BCUT2D eigenvalue weighted by molar-refractivity contribution is -0.118. The summed E-state index contributed by atoms with van der Waals surface area (Å²) in [5.74, 6) is -1.00. The number of carbonyl (C=O) groups excluding carboxylic acids is 1. The lowest BCUT2D eigenvalue weighted by Crippen LogP contribution is -2.30. The molecule has 5 nitrogen and oxygen atoms in total. The molecular weight excluding hydrogens is 401 g/mol. The van der Waals surface area contributed by atoms with E-state index < -0.39 is 11.9 Å². The molecule has 0 saturated heterocycles. The Morgan fingerprint density at radius 2 is 2.04 bits per heavy atom. The lowest BCUT2D eigenvalue weighted by Gasteiger charge is -2.19. The summed E-state index contributed by atoms with van der Waals surface area (Å²) in [5, 5.41) is 4.39. The van der Waals surface area contributed by atoms with Crippen LogP contribution >= 0.6 is 23.4 Å². The summed E-state index contributed by atoms with van der Waals surface area (Å²) in [6, 6.07) is 3.57. The molecule has 0 N–H and O–H groups in total. The van der Waals surface area contributed by atoms with E-state index in [9.17, 15) is 18.0 Å². The Labute approximate surface area is 164 Å². The van der Waals surface area contributed by atoms with Crippen LogP contribution in [0.5, 0.6) is 0 Å². The van der Waals surface area contributed by atoms with Gasteiger partial charge in [-0.1, -0.05) is 11.6 Å². The van der Waals surface area contributed by atoms with Gasteiger partial charge in [-0.25, -0.2) is 9.07 Å². The normalized spacial score (nSPS) is 10.7. The number of hydrogen-bond donors (Lipinski definition) is 0. The molecule has 10 heteroatoms. The van der Waals surface area contributed by atoms with Crippen LogP contribution in [0, 0.1) is 0 Å². The summed E-state index contributed by atoms with van der Waals surface area (Å²) in [6.07, 6.45) is 2.45. The van der Waals surface area contributed by atoms with Gasteiger partial charge in [-0.2, -0.15) is 25.6 Å². The quantitative estimate of drug-likeness (QED) is 0.545. The number of carbonyl (C=O) groups is 1. The van der Waals surface area contributed by atoms with Gasteiger partial charge in [-0.15, -0.1) is 0 Å². The average Bonchev–Trinajstić information content (AvgIpc) is 3.04. The summed E-state index contributed by atoms with van der Waals surface area (Å²) in [6.45, 7) is 2.21. The summed E-state index contributed by atoms with van der Waals surface area (Å²) in [7, 11) is 0. The zero-order valence-electron chi connectivity index (χ0n) is 14.5. The highest BCUT2D eigenvalue weighted by atomic mass is 35.5. The first-order valence-corrected chi connectivity index (χ1v) is 9.70. The molecule has 0 atom stereocenters. The van der Waals surface area contributed by atoms with Gasteiger partial charge < -0.3 is 4.90 Å². The number of aromatic nitrogens is 3. The van der Waals surface area contributed by atoms with Crippen LogP contribution in [-0.2, 0) is 4.79 Å². The first kappa shape index (κ1) is 21.3. The fourth-order valence-electron chi connectivity index (χ4n) is 2.28. The molecule has 0 radical (unpaired) electrons. The lowest BCUT2D eigenvalue weighted by atomic mass is 10.3. The molecule has 1 amide bonds. The van der Waals surface area contributed by atoms with E-state index in [1.54, 1.807) is 24.7 Å². The molecule has 0 aromatic carbocycles. The zero-order valence-corrected chi connectivity index (χ0v) is 16.1. The maximum atomic E-state index is 12.7. The molecular formula is C17H18ClF3N4OS. The van der Waals surface area contributed by atoms with Gasteiger partial charge in [0.1, 0.15) is 5.69 Å². The van der Waals surface area contributed by atoms with Crippen molar-refractivity contribution in [1.29, 1.82) is 0 Å². The second-order valence-corrected chi connectivity index (χ2v) is 6.96. The number of allylic oxidation sites excluding steroid dienone is 1.